The monoisotopic (exact) mass is 370 g/mol. The van der Waals surface area contributed by atoms with Gasteiger partial charge in [-0.05, 0) is 24.3 Å². The number of thiophene rings is 1. The fraction of sp³-hybridized carbons (Fsp3) is 0.500. The van der Waals surface area contributed by atoms with Crippen LogP contribution in [0, 0.1) is 0 Å². The molecule has 0 saturated heterocycles. The van der Waals surface area contributed by atoms with Crippen molar-refractivity contribution in [2.45, 2.75) is 29.4 Å². The minimum absolute atomic E-state index is 0.220. The fourth-order valence-corrected chi connectivity index (χ4v) is 4.41. The first kappa shape index (κ1) is 17.1. The van der Waals surface area contributed by atoms with E-state index in [4.69, 9.17) is 4.52 Å². The Labute approximate surface area is 143 Å². The summed E-state index contributed by atoms with van der Waals surface area (Å²) in [4.78, 5) is 16.2. The zero-order valence-corrected chi connectivity index (χ0v) is 14.8. The normalized spacial score (nSPS) is 14.9. The van der Waals surface area contributed by atoms with Crippen molar-refractivity contribution in [2.75, 3.05) is 20.1 Å². The summed E-state index contributed by atoms with van der Waals surface area (Å²) in [6.45, 7) is 0.0924. The standard InChI is InChI=1S/C14H18N4O4S2/c1-18(24(20,21)13-3-2-8-23-13)9-12(19)15-7-6-11-16-14(22-17-11)10-4-5-10/h2-3,8,10H,4-7,9H2,1H3,(H,15,19). The van der Waals surface area contributed by atoms with Crippen LogP contribution in [0.3, 0.4) is 0 Å². The highest BCUT2D eigenvalue weighted by Crippen LogP contribution is 2.38. The summed E-state index contributed by atoms with van der Waals surface area (Å²) in [6, 6.07) is 3.17. The SMILES string of the molecule is CN(CC(=O)NCCc1noc(C2CC2)n1)S(=O)(=O)c1cccs1. The Bertz CT molecular complexity index is 797. The molecule has 0 unspecified atom stereocenters. The van der Waals surface area contributed by atoms with Crippen LogP contribution in [0.1, 0.15) is 30.5 Å². The number of amides is 1. The highest BCUT2D eigenvalue weighted by molar-refractivity contribution is 7.91. The van der Waals surface area contributed by atoms with Crippen molar-refractivity contribution in [2.24, 2.45) is 0 Å². The molecule has 10 heteroatoms. The van der Waals surface area contributed by atoms with Crippen molar-refractivity contribution in [3.05, 3.63) is 29.2 Å². The molecular formula is C14H18N4O4S2. The van der Waals surface area contributed by atoms with E-state index < -0.39 is 10.0 Å². The molecule has 1 aliphatic rings. The van der Waals surface area contributed by atoms with Gasteiger partial charge < -0.3 is 9.84 Å². The molecule has 0 spiro atoms. The number of carbonyl (C=O) groups is 1. The van der Waals surface area contributed by atoms with Gasteiger partial charge in [0.05, 0.1) is 6.54 Å². The molecule has 2 heterocycles. The van der Waals surface area contributed by atoms with Gasteiger partial charge in [0.25, 0.3) is 10.0 Å². The number of sulfonamides is 1. The van der Waals surface area contributed by atoms with Gasteiger partial charge in [0, 0.05) is 25.9 Å². The van der Waals surface area contributed by atoms with E-state index in [0.29, 0.717) is 30.6 Å². The molecular weight excluding hydrogens is 352 g/mol. The summed E-state index contributed by atoms with van der Waals surface area (Å²) >= 11 is 1.12. The molecule has 3 rings (SSSR count). The molecule has 1 N–H and O–H groups in total. The molecule has 0 aromatic carbocycles. The first-order chi connectivity index (χ1) is 11.5. The molecule has 8 nitrogen and oxygen atoms in total. The van der Waals surface area contributed by atoms with E-state index in [1.54, 1.807) is 11.4 Å². The Morgan fingerprint density at radius 1 is 1.50 bits per heavy atom. The van der Waals surface area contributed by atoms with Gasteiger partial charge in [-0.3, -0.25) is 4.79 Å². The summed E-state index contributed by atoms with van der Waals surface area (Å²) in [6.07, 6.45) is 2.62. The molecule has 130 valence electrons. The van der Waals surface area contributed by atoms with Crippen LogP contribution in [-0.2, 0) is 21.2 Å². The number of nitrogens with one attached hydrogen (secondary N) is 1. The van der Waals surface area contributed by atoms with Crippen LogP contribution in [0.4, 0.5) is 0 Å². The molecule has 1 saturated carbocycles. The van der Waals surface area contributed by atoms with Gasteiger partial charge in [0.15, 0.2) is 5.82 Å². The maximum absolute atomic E-state index is 12.2. The van der Waals surface area contributed by atoms with Crippen molar-refractivity contribution in [1.29, 1.82) is 0 Å². The maximum atomic E-state index is 12.2. The number of likely N-dealkylation sites (N-methyl/N-ethyl adjacent to an activating group) is 1. The molecule has 0 aliphatic heterocycles. The Hall–Kier alpha value is -1.78. The molecule has 2 aromatic rings. The summed E-state index contributed by atoms with van der Waals surface area (Å²) in [5.41, 5.74) is 0. The van der Waals surface area contributed by atoms with Crippen LogP contribution in [0.15, 0.2) is 26.2 Å². The summed E-state index contributed by atoms with van der Waals surface area (Å²) in [5, 5.41) is 8.22. The van der Waals surface area contributed by atoms with E-state index in [1.165, 1.54) is 13.1 Å². The average molecular weight is 370 g/mol. The van der Waals surface area contributed by atoms with Gasteiger partial charge in [-0.25, -0.2) is 8.42 Å². The summed E-state index contributed by atoms with van der Waals surface area (Å²) in [7, 11) is -2.23. The van der Waals surface area contributed by atoms with E-state index in [9.17, 15) is 13.2 Å². The van der Waals surface area contributed by atoms with Crippen LogP contribution in [0.5, 0.6) is 0 Å². The smallest absolute Gasteiger partial charge is 0.252 e. The average Bonchev–Trinajstić information content (AvgIpc) is 3.04. The molecule has 1 amide bonds. The summed E-state index contributed by atoms with van der Waals surface area (Å²) in [5.74, 6) is 1.25. The van der Waals surface area contributed by atoms with E-state index in [-0.39, 0.29) is 16.7 Å². The second-order valence-electron chi connectivity index (χ2n) is 5.62. The third kappa shape index (κ3) is 4.00. The third-order valence-corrected chi connectivity index (χ3v) is 6.78. The number of nitrogens with zero attached hydrogens (tertiary/aromatic N) is 3. The maximum Gasteiger partial charge on any atom is 0.252 e. The zero-order valence-electron chi connectivity index (χ0n) is 13.1. The van der Waals surface area contributed by atoms with E-state index in [1.807, 2.05) is 0 Å². The number of rotatable bonds is 8. The lowest BCUT2D eigenvalue weighted by atomic mass is 10.4. The molecule has 0 radical (unpaired) electrons. The minimum atomic E-state index is -3.62. The molecule has 24 heavy (non-hydrogen) atoms. The third-order valence-electron chi connectivity index (χ3n) is 3.61. The topological polar surface area (TPSA) is 105 Å². The van der Waals surface area contributed by atoms with Gasteiger partial charge >= 0.3 is 0 Å². The second kappa shape index (κ2) is 6.99. The minimum Gasteiger partial charge on any atom is -0.355 e. The highest BCUT2D eigenvalue weighted by Gasteiger charge is 2.29. The van der Waals surface area contributed by atoms with Gasteiger partial charge in [-0.1, -0.05) is 11.2 Å². The van der Waals surface area contributed by atoms with E-state index >= 15 is 0 Å². The lowest BCUT2D eigenvalue weighted by molar-refractivity contribution is -0.121. The fourth-order valence-electron chi connectivity index (χ4n) is 2.09. The predicted molar refractivity (Wildman–Crippen MR) is 87.1 cm³/mol. The van der Waals surface area contributed by atoms with Gasteiger partial charge in [-0.2, -0.15) is 9.29 Å². The molecule has 1 aliphatic carbocycles. The largest absolute Gasteiger partial charge is 0.355 e. The Morgan fingerprint density at radius 3 is 2.96 bits per heavy atom. The van der Waals surface area contributed by atoms with E-state index in [0.717, 1.165) is 28.5 Å². The molecule has 0 atom stereocenters. The van der Waals surface area contributed by atoms with Gasteiger partial charge in [0.1, 0.15) is 4.21 Å². The lowest BCUT2D eigenvalue weighted by Gasteiger charge is -2.15. The molecule has 2 aromatic heterocycles. The molecule has 1 fully saturated rings. The van der Waals surface area contributed by atoms with Crippen LogP contribution in [0.2, 0.25) is 0 Å². The second-order valence-corrected chi connectivity index (χ2v) is 8.84. The first-order valence-electron chi connectivity index (χ1n) is 7.56. The van der Waals surface area contributed by atoms with Crippen molar-refractivity contribution in [1.82, 2.24) is 19.8 Å². The first-order valence-corrected chi connectivity index (χ1v) is 9.88. The van der Waals surface area contributed by atoms with Gasteiger partial charge in [0.2, 0.25) is 11.8 Å². The van der Waals surface area contributed by atoms with E-state index in [2.05, 4.69) is 15.5 Å². The van der Waals surface area contributed by atoms with Crippen LogP contribution in [-0.4, -0.2) is 48.9 Å². The molecule has 0 bridgehead atoms. The van der Waals surface area contributed by atoms with Crippen molar-refractivity contribution in [3.8, 4) is 0 Å². The highest BCUT2D eigenvalue weighted by atomic mass is 32.2. The Kier molecular flexibility index (Phi) is 4.97. The Morgan fingerprint density at radius 2 is 2.29 bits per heavy atom. The number of hydrogen-bond acceptors (Lipinski definition) is 7. The predicted octanol–water partition coefficient (Wildman–Crippen LogP) is 0.988. The zero-order chi connectivity index (χ0) is 17.2. The number of carbonyl (C=O) groups excluding carboxylic acids is 1. The van der Waals surface area contributed by atoms with Crippen LogP contribution < -0.4 is 5.32 Å². The Balaban J connectivity index is 1.45. The van der Waals surface area contributed by atoms with Crippen LogP contribution in [0.25, 0.3) is 0 Å². The quantitative estimate of drug-likeness (QED) is 0.743. The van der Waals surface area contributed by atoms with Crippen molar-refractivity contribution in [3.63, 3.8) is 0 Å². The van der Waals surface area contributed by atoms with Crippen molar-refractivity contribution >= 4 is 27.3 Å². The van der Waals surface area contributed by atoms with Crippen molar-refractivity contribution < 1.29 is 17.7 Å². The van der Waals surface area contributed by atoms with Crippen LogP contribution >= 0.6 is 11.3 Å². The summed E-state index contributed by atoms with van der Waals surface area (Å²) < 4.78 is 30.8. The van der Waals surface area contributed by atoms with Gasteiger partial charge in [-0.15, -0.1) is 11.3 Å². The lowest BCUT2D eigenvalue weighted by Crippen LogP contribution is -2.38. The number of hydrogen-bond donors (Lipinski definition) is 1. The number of aromatic nitrogens is 2.